The summed E-state index contributed by atoms with van der Waals surface area (Å²) < 4.78 is 5.20. The van der Waals surface area contributed by atoms with E-state index >= 15 is 0 Å². The maximum atomic E-state index is 2.59. The third-order valence-electron chi connectivity index (χ3n) is 18.3. The van der Waals surface area contributed by atoms with Gasteiger partial charge in [-0.2, -0.15) is 0 Å². The van der Waals surface area contributed by atoms with Gasteiger partial charge in [0.05, 0.1) is 45.5 Å². The van der Waals surface area contributed by atoms with E-state index in [9.17, 15) is 0 Å². The number of thiophene rings is 4. The Hall–Kier alpha value is -9.28. The topological polar surface area (TPSA) is 13.0 Å². The summed E-state index contributed by atoms with van der Waals surface area (Å²) >= 11 is 7.31. The number of nitrogens with zero attached hydrogens (tertiary/aromatic N) is 4. The smallest absolute Gasteiger partial charge is 0.0561 e. The van der Waals surface area contributed by atoms with E-state index in [2.05, 4.69) is 303 Å². The molecule has 0 aliphatic carbocycles. The SMILES string of the molecule is Cc1cc2ccsc2c(C)c1N(c1ccccc1)c1cc(N(c2ccccc2)c2c(C)cc3ccsc3c2C)c2ccc3c(N(c4ccccc4)c4c(C)cc5ccsc5c4C)cc(N(c4ccccc4)c4c(C)cc5ccsc5c4C)c4ccc1c2c43. The maximum Gasteiger partial charge on any atom is 0.0561 e. The number of benzene rings is 12. The van der Waals surface area contributed by atoms with Crippen LogP contribution < -0.4 is 19.6 Å². The van der Waals surface area contributed by atoms with Gasteiger partial charge in [-0.15, -0.1) is 45.3 Å². The van der Waals surface area contributed by atoms with E-state index in [-0.39, 0.29) is 0 Å². The molecular weight excluding hydrogens is 1150 g/mol. The van der Waals surface area contributed by atoms with Gasteiger partial charge in [-0.05, 0) is 252 Å². The monoisotopic (exact) mass is 1210 g/mol. The molecule has 426 valence electrons. The summed E-state index contributed by atoms with van der Waals surface area (Å²) in [6.45, 7) is 18.5. The molecule has 16 aromatic rings. The van der Waals surface area contributed by atoms with Crippen molar-refractivity contribution in [3.63, 3.8) is 0 Å². The summed E-state index contributed by atoms with van der Waals surface area (Å²) in [5.41, 5.74) is 23.5. The Bertz CT molecular complexity index is 4720. The second kappa shape index (κ2) is 21.3. The molecule has 0 amide bonds. The molecule has 0 saturated carbocycles. The molecule has 88 heavy (non-hydrogen) atoms. The first-order valence-corrected chi connectivity index (χ1v) is 33.6. The lowest BCUT2D eigenvalue weighted by Crippen LogP contribution is -2.18. The minimum atomic E-state index is 1.10. The molecule has 0 spiro atoms. The molecule has 0 bridgehead atoms. The second-order valence-electron chi connectivity index (χ2n) is 23.6. The van der Waals surface area contributed by atoms with Crippen LogP contribution in [0.5, 0.6) is 0 Å². The molecule has 8 heteroatoms. The highest BCUT2D eigenvalue weighted by Gasteiger charge is 2.33. The van der Waals surface area contributed by atoms with Crippen LogP contribution >= 0.6 is 45.3 Å². The number of para-hydroxylation sites is 4. The molecule has 0 saturated heterocycles. The van der Waals surface area contributed by atoms with Gasteiger partial charge < -0.3 is 19.6 Å². The standard InChI is InChI=1S/C80H62N4S4/c1-47-41-55-33-37-85-77(55)51(5)73(47)81(59-21-13-9-14-22-59)67-45-68(82(60-23-15-10-16-24-60)74-48(2)42-56-34-38-86-78(56)52(74)6)64-31-32-66-70(84(62-27-19-12-20-28-62)76-50(4)44-58-36-40-88-80(58)54(76)8)46-69(65-30-29-63(67)71(64)72(65)66)83(61-25-17-11-18-26-61)75-49(3)43-57-35-39-87-79(57)53(75)7/h9-46H,1-8H3. The van der Waals surface area contributed by atoms with Crippen LogP contribution in [0.3, 0.4) is 0 Å². The van der Waals surface area contributed by atoms with E-state index in [1.807, 2.05) is 45.3 Å². The van der Waals surface area contributed by atoms with E-state index in [1.54, 1.807) is 0 Å². The molecule has 0 atom stereocenters. The Morgan fingerprint density at radius 1 is 0.239 bits per heavy atom. The van der Waals surface area contributed by atoms with E-state index < -0.39 is 0 Å². The zero-order chi connectivity index (χ0) is 59.6. The van der Waals surface area contributed by atoms with Gasteiger partial charge in [0, 0.05) is 73.9 Å². The molecule has 16 rings (SSSR count). The lowest BCUT2D eigenvalue weighted by Gasteiger charge is -2.36. The van der Waals surface area contributed by atoms with Gasteiger partial charge >= 0.3 is 0 Å². The second-order valence-corrected chi connectivity index (χ2v) is 27.3. The van der Waals surface area contributed by atoms with Crippen molar-refractivity contribution < 1.29 is 0 Å². The van der Waals surface area contributed by atoms with Crippen molar-refractivity contribution in [1.29, 1.82) is 0 Å². The zero-order valence-corrected chi connectivity index (χ0v) is 53.6. The summed E-state index contributed by atoms with van der Waals surface area (Å²) in [7, 11) is 0. The van der Waals surface area contributed by atoms with Crippen LogP contribution in [-0.4, -0.2) is 0 Å². The summed E-state index contributed by atoms with van der Waals surface area (Å²) in [4.78, 5) is 10.4. The van der Waals surface area contributed by atoms with Gasteiger partial charge in [-0.25, -0.2) is 0 Å². The average molecular weight is 1210 g/mol. The molecule has 12 aromatic carbocycles. The predicted molar refractivity (Wildman–Crippen MR) is 388 cm³/mol. The van der Waals surface area contributed by atoms with Gasteiger partial charge in [0.1, 0.15) is 0 Å². The Labute approximate surface area is 529 Å². The lowest BCUT2D eigenvalue weighted by molar-refractivity contribution is 1.22. The first kappa shape index (κ1) is 54.1. The number of rotatable bonds is 12. The van der Waals surface area contributed by atoms with Gasteiger partial charge in [0.2, 0.25) is 0 Å². The summed E-state index contributed by atoms with van der Waals surface area (Å²) in [5, 5.41) is 21.1. The highest BCUT2D eigenvalue weighted by molar-refractivity contribution is 7.18. The molecule has 0 unspecified atom stereocenters. The number of aryl methyl sites for hydroxylation is 8. The molecule has 0 N–H and O–H groups in total. The van der Waals surface area contributed by atoms with Gasteiger partial charge in [-0.3, -0.25) is 0 Å². The highest BCUT2D eigenvalue weighted by atomic mass is 32.1. The van der Waals surface area contributed by atoms with Crippen LogP contribution in [0.1, 0.15) is 44.5 Å². The summed E-state index contributed by atoms with van der Waals surface area (Å²) in [5.74, 6) is 0. The minimum Gasteiger partial charge on any atom is -0.309 e. The summed E-state index contributed by atoms with van der Waals surface area (Å²) in [6, 6.07) is 77.9. The Morgan fingerprint density at radius 3 is 0.670 bits per heavy atom. The first-order chi connectivity index (χ1) is 43.0. The lowest BCUT2D eigenvalue weighted by atomic mass is 9.88. The quantitative estimate of drug-likeness (QED) is 0.113. The number of hydrogen-bond acceptors (Lipinski definition) is 8. The van der Waals surface area contributed by atoms with Crippen LogP contribution in [0.2, 0.25) is 0 Å². The van der Waals surface area contributed by atoms with Crippen molar-refractivity contribution in [2.75, 3.05) is 19.6 Å². The fraction of sp³-hybridized carbons (Fsp3) is 0.100. The molecular formula is C80H62N4S4. The van der Waals surface area contributed by atoms with Crippen molar-refractivity contribution in [1.82, 2.24) is 0 Å². The van der Waals surface area contributed by atoms with Gasteiger partial charge in [0.25, 0.3) is 0 Å². The molecule has 4 heterocycles. The zero-order valence-electron chi connectivity index (χ0n) is 50.4. The Morgan fingerprint density at radius 2 is 0.455 bits per heavy atom. The largest absolute Gasteiger partial charge is 0.309 e. The molecule has 0 aliphatic heterocycles. The van der Waals surface area contributed by atoms with Crippen LogP contribution in [0.25, 0.3) is 72.7 Å². The molecule has 0 fully saturated rings. The van der Waals surface area contributed by atoms with Crippen molar-refractivity contribution in [3.05, 3.63) is 272 Å². The van der Waals surface area contributed by atoms with Gasteiger partial charge in [0.15, 0.2) is 0 Å². The van der Waals surface area contributed by atoms with Gasteiger partial charge in [-0.1, -0.05) is 97.1 Å². The number of anilines is 12. The summed E-state index contributed by atoms with van der Waals surface area (Å²) in [6.07, 6.45) is 0. The highest BCUT2D eigenvalue weighted by Crippen LogP contribution is 2.58. The van der Waals surface area contributed by atoms with Crippen LogP contribution in [0.4, 0.5) is 68.2 Å². The van der Waals surface area contributed by atoms with E-state index in [0.29, 0.717) is 0 Å². The molecule has 4 nitrogen and oxygen atoms in total. The van der Waals surface area contributed by atoms with Crippen molar-refractivity contribution in [2.45, 2.75) is 55.4 Å². The van der Waals surface area contributed by atoms with Crippen LogP contribution in [0, 0.1) is 55.4 Å². The van der Waals surface area contributed by atoms with Crippen molar-refractivity contribution in [2.24, 2.45) is 0 Å². The fourth-order valence-electron chi connectivity index (χ4n) is 14.7. The third-order valence-corrected chi connectivity index (χ3v) is 22.5. The number of hydrogen-bond donors (Lipinski definition) is 0. The maximum absolute atomic E-state index is 2.59. The first-order valence-electron chi connectivity index (χ1n) is 30.1. The average Bonchev–Trinajstić information content (AvgIpc) is 0.725. The minimum absolute atomic E-state index is 1.10. The van der Waals surface area contributed by atoms with Crippen LogP contribution in [-0.2, 0) is 0 Å². The Kier molecular flexibility index (Phi) is 13.1. The molecule has 0 radical (unpaired) electrons. The third kappa shape index (κ3) is 8.41. The predicted octanol–water partition coefficient (Wildman–Crippen LogP) is 25.8. The van der Waals surface area contributed by atoms with E-state index in [4.69, 9.17) is 0 Å². The molecule has 0 aliphatic rings. The van der Waals surface area contributed by atoms with Crippen molar-refractivity contribution >= 4 is 186 Å². The normalized spacial score (nSPS) is 11.9. The fourth-order valence-corrected chi connectivity index (χ4v) is 18.2. The van der Waals surface area contributed by atoms with Crippen molar-refractivity contribution in [3.8, 4) is 0 Å². The van der Waals surface area contributed by atoms with Crippen LogP contribution in [0.15, 0.2) is 228 Å². The number of fused-ring (bicyclic) bond motifs is 4. The molecule has 4 aromatic heterocycles. The Balaban J connectivity index is 1.13. The van der Waals surface area contributed by atoms with E-state index in [0.717, 1.165) is 45.5 Å². The van der Waals surface area contributed by atoms with E-state index in [1.165, 1.54) is 140 Å².